The molecule has 3 rings (SSSR count). The molecule has 6 nitrogen and oxygen atoms in total. The van der Waals surface area contributed by atoms with Crippen molar-refractivity contribution < 1.29 is 32.3 Å². The third-order valence-electron chi connectivity index (χ3n) is 5.93. The van der Waals surface area contributed by atoms with E-state index in [2.05, 4.69) is 0 Å². The fraction of sp³-hybridized carbons (Fsp3) is 0.522. The summed E-state index contributed by atoms with van der Waals surface area (Å²) in [5.41, 5.74) is -4.79. The van der Waals surface area contributed by atoms with Crippen LogP contribution in [0.15, 0.2) is 35.5 Å². The van der Waals surface area contributed by atoms with Crippen molar-refractivity contribution in [3.05, 3.63) is 41.1 Å². The van der Waals surface area contributed by atoms with E-state index in [1.807, 2.05) is 12.2 Å². The van der Waals surface area contributed by atoms with Crippen LogP contribution in [0.2, 0.25) is 0 Å². The maximum Gasteiger partial charge on any atom is 0.425 e. The molecule has 0 aromatic heterocycles. The molecule has 1 aromatic rings. The number of amides is 2. The predicted molar refractivity (Wildman–Crippen MR) is 111 cm³/mol. The van der Waals surface area contributed by atoms with Crippen LogP contribution in [0.5, 0.6) is 5.75 Å². The van der Waals surface area contributed by atoms with Crippen molar-refractivity contribution in [2.24, 2.45) is 5.41 Å². The number of alkyl halides is 3. The average molecular weight is 452 g/mol. The first-order chi connectivity index (χ1) is 14.9. The molecule has 0 spiro atoms. The first-order valence-electron chi connectivity index (χ1n) is 10.5. The number of Topliss-reactive ketones (excluding diaryl/α,β-unsaturated/α-hetero) is 1. The van der Waals surface area contributed by atoms with Crippen molar-refractivity contribution in [3.8, 4) is 5.75 Å². The van der Waals surface area contributed by atoms with E-state index in [-0.39, 0.29) is 36.4 Å². The summed E-state index contributed by atoms with van der Waals surface area (Å²) in [5.74, 6) is -3.20. The molecule has 1 N–H and O–H groups in total. The summed E-state index contributed by atoms with van der Waals surface area (Å²) in [4.78, 5) is 40.5. The Morgan fingerprint density at radius 2 is 1.84 bits per heavy atom. The minimum atomic E-state index is -5.22. The third-order valence-corrected chi connectivity index (χ3v) is 5.93. The Kier molecular flexibility index (Phi) is 6.14. The molecule has 1 heterocycles. The zero-order valence-corrected chi connectivity index (χ0v) is 18.6. The summed E-state index contributed by atoms with van der Waals surface area (Å²) >= 11 is 0. The van der Waals surface area contributed by atoms with Crippen LogP contribution in [0.4, 0.5) is 13.2 Å². The van der Waals surface area contributed by atoms with Gasteiger partial charge >= 0.3 is 6.18 Å². The number of hydrogen-bond donors (Lipinski definition) is 1. The Morgan fingerprint density at radius 3 is 2.44 bits per heavy atom. The minimum Gasteiger partial charge on any atom is -0.496 e. The highest BCUT2D eigenvalue weighted by atomic mass is 19.4. The van der Waals surface area contributed by atoms with Gasteiger partial charge in [0.1, 0.15) is 5.75 Å². The average Bonchev–Trinajstić information content (AvgIpc) is 2.93. The number of nitrogens with one attached hydrogen (secondary N) is 1. The number of carbonyl (C=O) groups is 3. The predicted octanol–water partition coefficient (Wildman–Crippen LogP) is 4.01. The summed E-state index contributed by atoms with van der Waals surface area (Å²) in [5, 5.41) is 1.92. The maximum atomic E-state index is 14.7. The minimum absolute atomic E-state index is 0.0416. The zero-order chi connectivity index (χ0) is 23.9. The van der Waals surface area contributed by atoms with Crippen molar-refractivity contribution in [2.45, 2.75) is 58.2 Å². The van der Waals surface area contributed by atoms with Gasteiger partial charge in [-0.05, 0) is 30.4 Å². The van der Waals surface area contributed by atoms with Crippen LogP contribution < -0.4 is 10.1 Å². The molecule has 0 fully saturated rings. The molecular weight excluding hydrogens is 425 g/mol. The quantitative estimate of drug-likeness (QED) is 0.708. The Labute approximate surface area is 184 Å². The largest absolute Gasteiger partial charge is 0.496 e. The lowest BCUT2D eigenvalue weighted by molar-refractivity contribution is -0.190. The van der Waals surface area contributed by atoms with Gasteiger partial charge in [-0.3, -0.25) is 14.4 Å². The standard InChI is InChI=1S/C23H27F3N2O4/c1-5-6-11-28-15-12-21(2,3)13-16(29)18(15)22(20(28)31,23(24,25)26)27-19(30)14-9-7-8-10-17(14)32-4/h7-10H,5-6,11-13H2,1-4H3,(H,27,30). The topological polar surface area (TPSA) is 75.7 Å². The number of carbonyl (C=O) groups excluding carboxylic acids is 3. The van der Waals surface area contributed by atoms with E-state index in [4.69, 9.17) is 4.74 Å². The molecular formula is C23H27F3N2O4. The summed E-state index contributed by atoms with van der Waals surface area (Å²) in [7, 11) is 1.28. The Balaban J connectivity index is 2.19. The van der Waals surface area contributed by atoms with Crippen molar-refractivity contribution in [3.63, 3.8) is 0 Å². The summed E-state index contributed by atoms with van der Waals surface area (Å²) in [6.07, 6.45) is -4.13. The summed E-state index contributed by atoms with van der Waals surface area (Å²) in [6, 6.07) is 5.77. The van der Waals surface area contributed by atoms with Gasteiger partial charge in [0.15, 0.2) is 5.78 Å². The molecule has 0 saturated carbocycles. The maximum absolute atomic E-state index is 14.7. The molecule has 32 heavy (non-hydrogen) atoms. The third kappa shape index (κ3) is 3.78. The van der Waals surface area contributed by atoms with E-state index in [9.17, 15) is 27.6 Å². The number of ether oxygens (including phenoxy) is 1. The van der Waals surface area contributed by atoms with Gasteiger partial charge in [-0.2, -0.15) is 13.2 Å². The van der Waals surface area contributed by atoms with E-state index in [1.165, 1.54) is 25.3 Å². The highest BCUT2D eigenvalue weighted by Crippen LogP contribution is 2.51. The monoisotopic (exact) mass is 452 g/mol. The molecule has 2 amide bonds. The molecule has 1 aliphatic heterocycles. The van der Waals surface area contributed by atoms with Crippen LogP contribution in [-0.2, 0) is 9.59 Å². The van der Waals surface area contributed by atoms with Gasteiger partial charge < -0.3 is 15.0 Å². The molecule has 0 bridgehead atoms. The fourth-order valence-electron chi connectivity index (χ4n) is 4.45. The van der Waals surface area contributed by atoms with Crippen molar-refractivity contribution in [2.75, 3.05) is 13.7 Å². The number of allylic oxidation sites excluding steroid dienone is 1. The first-order valence-corrected chi connectivity index (χ1v) is 10.5. The van der Waals surface area contributed by atoms with Crippen molar-refractivity contribution >= 4 is 17.6 Å². The second kappa shape index (κ2) is 8.26. The summed E-state index contributed by atoms with van der Waals surface area (Å²) < 4.78 is 49.1. The smallest absolute Gasteiger partial charge is 0.425 e. The molecule has 2 aliphatic rings. The van der Waals surface area contributed by atoms with E-state index in [0.29, 0.717) is 12.8 Å². The fourth-order valence-corrected chi connectivity index (χ4v) is 4.45. The zero-order valence-electron chi connectivity index (χ0n) is 18.6. The van der Waals surface area contributed by atoms with Gasteiger partial charge in [0.25, 0.3) is 11.8 Å². The number of rotatable bonds is 6. The lowest BCUT2D eigenvalue weighted by Gasteiger charge is -2.35. The van der Waals surface area contributed by atoms with Crippen LogP contribution in [0.3, 0.4) is 0 Å². The molecule has 1 aromatic carbocycles. The van der Waals surface area contributed by atoms with Gasteiger partial charge in [0, 0.05) is 18.7 Å². The highest BCUT2D eigenvalue weighted by Gasteiger charge is 2.71. The van der Waals surface area contributed by atoms with Crippen LogP contribution in [0.1, 0.15) is 56.8 Å². The van der Waals surface area contributed by atoms with Crippen LogP contribution in [0, 0.1) is 5.41 Å². The van der Waals surface area contributed by atoms with E-state index >= 15 is 0 Å². The van der Waals surface area contributed by atoms with Crippen LogP contribution >= 0.6 is 0 Å². The first kappa shape index (κ1) is 23.8. The lowest BCUT2D eigenvalue weighted by atomic mass is 9.72. The van der Waals surface area contributed by atoms with Crippen LogP contribution in [0.25, 0.3) is 0 Å². The van der Waals surface area contributed by atoms with Gasteiger partial charge in [0.2, 0.25) is 5.54 Å². The molecule has 0 saturated heterocycles. The second-order valence-electron chi connectivity index (χ2n) is 8.98. The molecule has 1 atom stereocenters. The number of nitrogens with zero attached hydrogens (tertiary/aromatic N) is 1. The number of hydrogen-bond acceptors (Lipinski definition) is 4. The molecule has 1 unspecified atom stereocenters. The number of halogens is 3. The molecule has 1 aliphatic carbocycles. The Hall–Kier alpha value is -2.84. The SMILES string of the molecule is CCCCN1C(=O)C(NC(=O)c2ccccc2OC)(C(F)(F)F)C2=C1CC(C)(C)CC2=O. The molecule has 174 valence electrons. The molecule has 0 radical (unpaired) electrons. The number of benzene rings is 1. The lowest BCUT2D eigenvalue weighted by Crippen LogP contribution is -2.66. The number of para-hydroxylation sites is 1. The normalized spacial score (nSPS) is 22.8. The van der Waals surface area contributed by atoms with Crippen LogP contribution in [-0.4, -0.2) is 47.9 Å². The number of ketones is 1. The van der Waals surface area contributed by atoms with Gasteiger partial charge in [-0.25, -0.2) is 0 Å². The second-order valence-corrected chi connectivity index (χ2v) is 8.98. The molecule has 9 heteroatoms. The van der Waals surface area contributed by atoms with Crippen molar-refractivity contribution in [1.82, 2.24) is 10.2 Å². The van der Waals surface area contributed by atoms with Crippen molar-refractivity contribution in [1.29, 1.82) is 0 Å². The van der Waals surface area contributed by atoms with Gasteiger partial charge in [-0.15, -0.1) is 0 Å². The van der Waals surface area contributed by atoms with E-state index < -0.39 is 40.3 Å². The number of unbranched alkanes of at least 4 members (excludes halogenated alkanes) is 1. The number of methoxy groups -OCH3 is 1. The van der Waals surface area contributed by atoms with E-state index in [1.54, 1.807) is 19.9 Å². The van der Waals surface area contributed by atoms with Gasteiger partial charge in [0.05, 0.1) is 18.2 Å². The Morgan fingerprint density at radius 1 is 1.19 bits per heavy atom. The van der Waals surface area contributed by atoms with E-state index in [0.717, 1.165) is 4.90 Å². The highest BCUT2D eigenvalue weighted by molar-refractivity contribution is 6.14. The Bertz CT molecular complexity index is 984. The summed E-state index contributed by atoms with van der Waals surface area (Å²) in [6.45, 7) is 5.45. The van der Waals surface area contributed by atoms with Gasteiger partial charge in [-0.1, -0.05) is 39.3 Å².